The smallest absolute Gasteiger partial charge is 0.234 e. The third kappa shape index (κ3) is 3.04. The Labute approximate surface area is 183 Å². The Hall–Kier alpha value is -2.57. The van der Waals surface area contributed by atoms with Crippen molar-refractivity contribution in [2.45, 2.75) is 31.3 Å². The van der Waals surface area contributed by atoms with Crippen LogP contribution in [0, 0.1) is 6.67 Å². The zero-order valence-corrected chi connectivity index (χ0v) is 18.4. The number of rotatable bonds is 3. The average molecular weight is 433 g/mol. The summed E-state index contributed by atoms with van der Waals surface area (Å²) >= 11 is 0. The van der Waals surface area contributed by atoms with Gasteiger partial charge in [-0.15, -0.1) is 0 Å². The van der Waals surface area contributed by atoms with Gasteiger partial charge in [0.15, 0.2) is 6.67 Å². The number of sulfonamides is 1. The van der Waals surface area contributed by atoms with Crippen LogP contribution in [0.15, 0.2) is 60.7 Å². The summed E-state index contributed by atoms with van der Waals surface area (Å²) in [5.41, 5.74) is 4.67. The number of nitrogens with zero attached hydrogens (tertiary/aromatic N) is 3. The molecule has 6 rings (SSSR count). The van der Waals surface area contributed by atoms with Gasteiger partial charge in [0.2, 0.25) is 10.0 Å². The van der Waals surface area contributed by atoms with Crippen molar-refractivity contribution in [2.24, 2.45) is 0 Å². The number of hydrogen-bond donors (Lipinski definition) is 0. The third-order valence-corrected chi connectivity index (χ3v) is 8.12. The van der Waals surface area contributed by atoms with Crippen LogP contribution >= 0.6 is 0 Å². The van der Waals surface area contributed by atoms with Crippen LogP contribution < -0.4 is 9.21 Å². The van der Waals surface area contributed by atoms with Gasteiger partial charge >= 0.3 is 0 Å². The molecule has 1 atom stereocenters. The van der Waals surface area contributed by atoms with E-state index < -0.39 is 10.0 Å². The summed E-state index contributed by atoms with van der Waals surface area (Å²) < 4.78 is 26.0. The first-order valence-corrected chi connectivity index (χ1v) is 12.8. The van der Waals surface area contributed by atoms with Crippen molar-refractivity contribution < 1.29 is 8.42 Å². The van der Waals surface area contributed by atoms with E-state index in [9.17, 15) is 8.42 Å². The second-order valence-electron chi connectivity index (χ2n) is 8.92. The Balaban J connectivity index is 1.22. The van der Waals surface area contributed by atoms with Crippen molar-refractivity contribution in [2.75, 3.05) is 28.6 Å². The predicted octanol–water partition coefficient (Wildman–Crippen LogP) is 4.31. The molecule has 3 aromatic rings. The summed E-state index contributed by atoms with van der Waals surface area (Å²) in [6, 6.07) is 21.9. The lowest BCUT2D eigenvalue weighted by atomic mass is 9.98. The molecule has 3 aromatic carbocycles. The molecular weight excluding hydrogens is 406 g/mol. The molecule has 0 N–H and O–H groups in total. The normalized spacial score (nSPS) is 21.8. The highest BCUT2D eigenvalue weighted by Gasteiger charge is 2.38. The minimum absolute atomic E-state index is 0.309. The van der Waals surface area contributed by atoms with Gasteiger partial charge < -0.3 is 4.90 Å². The van der Waals surface area contributed by atoms with E-state index in [0.717, 1.165) is 43.7 Å². The summed E-state index contributed by atoms with van der Waals surface area (Å²) in [5, 5.41) is 2.79. The molecule has 2 heterocycles. The molecule has 2 aliphatic heterocycles. The highest BCUT2D eigenvalue weighted by Crippen LogP contribution is 2.44. The Morgan fingerprint density at radius 1 is 0.871 bits per heavy atom. The first-order chi connectivity index (χ1) is 15.0. The first-order valence-electron chi connectivity index (χ1n) is 11.0. The van der Waals surface area contributed by atoms with Gasteiger partial charge in [0.05, 0.1) is 17.6 Å². The van der Waals surface area contributed by atoms with Crippen LogP contribution in [0.25, 0.3) is 10.8 Å². The molecule has 5 nitrogen and oxygen atoms in total. The van der Waals surface area contributed by atoms with Crippen molar-refractivity contribution in [1.29, 1.82) is 0 Å². The first kappa shape index (κ1) is 19.1. The Morgan fingerprint density at radius 3 is 2.32 bits per heavy atom. The molecule has 1 aliphatic carbocycles. The minimum atomic E-state index is -3.34. The highest BCUT2D eigenvalue weighted by molar-refractivity contribution is 7.92. The van der Waals surface area contributed by atoms with Gasteiger partial charge in [-0.2, -0.15) is 0 Å². The van der Waals surface area contributed by atoms with Crippen molar-refractivity contribution in [1.82, 2.24) is 4.90 Å². The van der Waals surface area contributed by atoms with E-state index in [-0.39, 0.29) is 0 Å². The SMILES string of the molecule is CS(=O)(=O)N1[CH]N(C2CCN([C@@H]3Cc4cccc5cccc3c45)CC2)c2ccccc21. The number of fused-ring (bicyclic) bond motifs is 1. The van der Waals surface area contributed by atoms with Gasteiger partial charge in [0, 0.05) is 25.2 Å². The molecule has 31 heavy (non-hydrogen) atoms. The lowest BCUT2D eigenvalue weighted by molar-refractivity contribution is 0.155. The fourth-order valence-corrected chi connectivity index (χ4v) is 6.46. The number of benzene rings is 3. The third-order valence-electron chi connectivity index (χ3n) is 7.11. The highest BCUT2D eigenvalue weighted by atomic mass is 32.2. The molecule has 1 radical (unpaired) electrons. The van der Waals surface area contributed by atoms with Crippen LogP contribution in [0.2, 0.25) is 0 Å². The molecule has 0 amide bonds. The molecule has 0 saturated carbocycles. The molecule has 1 fully saturated rings. The van der Waals surface area contributed by atoms with E-state index in [1.54, 1.807) is 6.67 Å². The maximum absolute atomic E-state index is 12.3. The summed E-state index contributed by atoms with van der Waals surface area (Å²) in [6.45, 7) is 3.82. The molecule has 0 spiro atoms. The number of likely N-dealkylation sites (tertiary alicyclic amines) is 1. The van der Waals surface area contributed by atoms with Crippen LogP contribution in [-0.2, 0) is 16.4 Å². The summed E-state index contributed by atoms with van der Waals surface area (Å²) in [6.07, 6.45) is 4.39. The standard InChI is InChI=1S/C25H26N3O2S/c1-31(29,30)28-17-27(22-10-2-3-11-23(22)28)20-12-14-26(15-13-20)24-16-19-8-4-6-18-7-5-9-21(24)25(18)19/h2-11,17,20,24H,12-16H2,1H3/t24-/m1/s1. The number of piperidine rings is 1. The maximum Gasteiger partial charge on any atom is 0.234 e. The zero-order valence-electron chi connectivity index (χ0n) is 17.6. The van der Waals surface area contributed by atoms with Crippen LogP contribution in [0.4, 0.5) is 11.4 Å². The van der Waals surface area contributed by atoms with E-state index in [0.29, 0.717) is 12.1 Å². The Morgan fingerprint density at radius 2 is 1.58 bits per heavy atom. The monoisotopic (exact) mass is 432 g/mol. The van der Waals surface area contributed by atoms with E-state index in [2.05, 4.69) is 46.2 Å². The second kappa shape index (κ2) is 6.97. The molecule has 0 unspecified atom stereocenters. The van der Waals surface area contributed by atoms with Crippen LogP contribution in [-0.4, -0.2) is 38.7 Å². The number of anilines is 2. The summed E-state index contributed by atoms with van der Waals surface area (Å²) in [5.74, 6) is 0. The largest absolute Gasteiger partial charge is 0.342 e. The molecule has 3 aliphatic rings. The fourth-order valence-electron chi connectivity index (χ4n) is 5.68. The van der Waals surface area contributed by atoms with Crippen LogP contribution in [0.1, 0.15) is 30.0 Å². The molecule has 159 valence electrons. The Kier molecular flexibility index (Phi) is 4.30. The second-order valence-corrected chi connectivity index (χ2v) is 10.8. The van der Waals surface area contributed by atoms with Gasteiger partial charge in [-0.3, -0.25) is 4.90 Å². The predicted molar refractivity (Wildman–Crippen MR) is 126 cm³/mol. The van der Waals surface area contributed by atoms with Gasteiger partial charge in [0.1, 0.15) is 0 Å². The van der Waals surface area contributed by atoms with Crippen LogP contribution in [0.5, 0.6) is 0 Å². The fraction of sp³-hybridized carbons (Fsp3) is 0.320. The van der Waals surface area contributed by atoms with E-state index in [1.807, 2.05) is 24.3 Å². The van der Waals surface area contributed by atoms with E-state index >= 15 is 0 Å². The quantitative estimate of drug-likeness (QED) is 0.619. The zero-order chi connectivity index (χ0) is 21.2. The molecule has 0 bridgehead atoms. The number of para-hydroxylation sites is 2. The van der Waals surface area contributed by atoms with Crippen LogP contribution in [0.3, 0.4) is 0 Å². The summed E-state index contributed by atoms with van der Waals surface area (Å²) in [4.78, 5) is 4.80. The summed E-state index contributed by atoms with van der Waals surface area (Å²) in [7, 11) is -3.34. The minimum Gasteiger partial charge on any atom is -0.342 e. The number of hydrogen-bond acceptors (Lipinski definition) is 4. The van der Waals surface area contributed by atoms with E-state index in [4.69, 9.17) is 0 Å². The van der Waals surface area contributed by atoms with E-state index in [1.165, 1.54) is 32.5 Å². The van der Waals surface area contributed by atoms with Crippen molar-refractivity contribution in [3.63, 3.8) is 0 Å². The molecule has 1 saturated heterocycles. The van der Waals surface area contributed by atoms with Crippen molar-refractivity contribution >= 4 is 32.2 Å². The van der Waals surface area contributed by atoms with Gasteiger partial charge in [-0.1, -0.05) is 48.5 Å². The van der Waals surface area contributed by atoms with Gasteiger partial charge in [0.25, 0.3) is 0 Å². The topological polar surface area (TPSA) is 43.9 Å². The lowest BCUT2D eigenvalue weighted by Crippen LogP contribution is -2.45. The maximum atomic E-state index is 12.3. The lowest BCUT2D eigenvalue weighted by Gasteiger charge is -2.40. The van der Waals surface area contributed by atoms with Crippen molar-refractivity contribution in [3.05, 3.63) is 78.5 Å². The van der Waals surface area contributed by atoms with Gasteiger partial charge in [-0.05, 0) is 53.3 Å². The molecule has 0 aromatic heterocycles. The van der Waals surface area contributed by atoms with Crippen molar-refractivity contribution in [3.8, 4) is 0 Å². The molecular formula is C25H26N3O2S. The average Bonchev–Trinajstić information content (AvgIpc) is 3.35. The molecule has 6 heteroatoms. The Bertz CT molecular complexity index is 1260. The van der Waals surface area contributed by atoms with Gasteiger partial charge in [-0.25, -0.2) is 12.7 Å².